The van der Waals surface area contributed by atoms with E-state index in [1.165, 1.54) is 12.1 Å². The molecule has 1 fully saturated rings. The van der Waals surface area contributed by atoms with Gasteiger partial charge in [-0.05, 0) is 55.0 Å². The number of β-amino-alcohol motifs (C(OH)–C–C–N with tert-alkyl or cyclic N) is 1. The van der Waals surface area contributed by atoms with E-state index in [2.05, 4.69) is 5.10 Å². The minimum absolute atomic E-state index is 0.0728. The van der Waals surface area contributed by atoms with Crippen LogP contribution in [0.3, 0.4) is 0 Å². The minimum Gasteiger partial charge on any atom is -0.478 e. The first-order chi connectivity index (χ1) is 18.0. The molecule has 0 amide bonds. The Labute approximate surface area is 217 Å². The molecule has 12 heteroatoms. The van der Waals surface area contributed by atoms with Gasteiger partial charge in [-0.2, -0.15) is 23.0 Å². The SMILES string of the molecule is O=C(O)c1ccc(-c2nn(C(=O)c3c(Cl)cccc3C(F)(F)F)c3cc(N4CCC(O)C4)ccc23)c(F)c1. The fourth-order valence-corrected chi connectivity index (χ4v) is 4.81. The Kier molecular flexibility index (Phi) is 6.36. The Morgan fingerprint density at radius 1 is 1.08 bits per heavy atom. The summed E-state index contributed by atoms with van der Waals surface area (Å²) in [6, 6.07) is 10.8. The fraction of sp³-hybridized carbons (Fsp3) is 0.192. The molecule has 1 unspecified atom stereocenters. The molecule has 0 spiro atoms. The van der Waals surface area contributed by atoms with Gasteiger partial charge in [0.15, 0.2) is 0 Å². The lowest BCUT2D eigenvalue weighted by molar-refractivity contribution is -0.137. The van der Waals surface area contributed by atoms with Crippen LogP contribution in [-0.4, -0.2) is 51.1 Å². The van der Waals surface area contributed by atoms with E-state index in [9.17, 15) is 27.9 Å². The summed E-state index contributed by atoms with van der Waals surface area (Å²) in [6.45, 7) is 0.824. The van der Waals surface area contributed by atoms with Crippen LogP contribution >= 0.6 is 11.6 Å². The first-order valence-corrected chi connectivity index (χ1v) is 11.7. The van der Waals surface area contributed by atoms with Crippen molar-refractivity contribution in [1.82, 2.24) is 9.78 Å². The maximum absolute atomic E-state index is 15.0. The maximum atomic E-state index is 15.0. The number of aliphatic hydroxyl groups is 1. The number of carbonyl (C=O) groups is 2. The molecule has 7 nitrogen and oxygen atoms in total. The lowest BCUT2D eigenvalue weighted by Crippen LogP contribution is -2.22. The number of anilines is 1. The third kappa shape index (κ3) is 4.48. The van der Waals surface area contributed by atoms with Gasteiger partial charge in [0.2, 0.25) is 0 Å². The third-order valence-electron chi connectivity index (χ3n) is 6.39. The summed E-state index contributed by atoms with van der Waals surface area (Å²) in [6.07, 6.45) is -4.94. The van der Waals surface area contributed by atoms with Gasteiger partial charge in [-0.25, -0.2) is 9.18 Å². The average Bonchev–Trinajstić information content (AvgIpc) is 3.46. The van der Waals surface area contributed by atoms with Crippen molar-refractivity contribution in [2.45, 2.75) is 18.7 Å². The number of carboxylic acids is 1. The Hall–Kier alpha value is -3.96. The molecule has 38 heavy (non-hydrogen) atoms. The van der Waals surface area contributed by atoms with E-state index in [1.807, 2.05) is 4.90 Å². The second-order valence-corrected chi connectivity index (χ2v) is 9.22. The molecular weight excluding hydrogens is 530 g/mol. The molecule has 1 aliphatic rings. The molecule has 5 rings (SSSR count). The molecule has 1 aromatic heterocycles. The lowest BCUT2D eigenvalue weighted by atomic mass is 10.0. The predicted molar refractivity (Wildman–Crippen MR) is 131 cm³/mol. The number of hydrogen-bond donors (Lipinski definition) is 2. The van der Waals surface area contributed by atoms with Crippen LogP contribution in [0, 0.1) is 5.82 Å². The van der Waals surface area contributed by atoms with Crippen LogP contribution in [0.5, 0.6) is 0 Å². The Bertz CT molecular complexity index is 1600. The van der Waals surface area contributed by atoms with Gasteiger partial charge in [-0.1, -0.05) is 17.7 Å². The summed E-state index contributed by atoms with van der Waals surface area (Å²) in [5.74, 6) is -3.47. The fourth-order valence-electron chi connectivity index (χ4n) is 4.55. The molecule has 0 saturated carbocycles. The minimum atomic E-state index is -4.89. The van der Waals surface area contributed by atoms with Crippen LogP contribution in [0.4, 0.5) is 23.2 Å². The van der Waals surface area contributed by atoms with Crippen LogP contribution in [0.2, 0.25) is 5.02 Å². The number of carboxylic acid groups (broad SMARTS) is 1. The standard InChI is InChI=1S/C26H18ClF4N3O4/c27-19-3-1-2-18(26(29,30)31)22(19)24(36)34-21-11-14(33-9-8-15(35)12-33)5-7-17(21)23(32-34)16-6-4-13(25(37)38)10-20(16)28/h1-7,10-11,15,35H,8-9,12H2,(H,37,38). The first kappa shape index (κ1) is 25.7. The number of carbonyl (C=O) groups excluding carboxylic acids is 1. The number of aliphatic hydroxyl groups excluding tert-OH is 1. The van der Waals surface area contributed by atoms with Gasteiger partial charge in [0, 0.05) is 29.7 Å². The zero-order valence-corrected chi connectivity index (χ0v) is 20.1. The monoisotopic (exact) mass is 547 g/mol. The second kappa shape index (κ2) is 9.41. The number of aromatic nitrogens is 2. The largest absolute Gasteiger partial charge is 0.478 e. The van der Waals surface area contributed by atoms with Crippen molar-refractivity contribution in [3.63, 3.8) is 0 Å². The van der Waals surface area contributed by atoms with Crippen molar-refractivity contribution in [1.29, 1.82) is 0 Å². The number of hydrogen-bond acceptors (Lipinski definition) is 5. The van der Waals surface area contributed by atoms with Gasteiger partial charge in [-0.3, -0.25) is 4.79 Å². The molecule has 2 N–H and O–H groups in total. The summed E-state index contributed by atoms with van der Waals surface area (Å²) in [4.78, 5) is 26.7. The molecule has 3 aromatic carbocycles. The molecule has 0 radical (unpaired) electrons. The van der Waals surface area contributed by atoms with Crippen molar-refractivity contribution in [3.8, 4) is 11.3 Å². The summed E-state index contributed by atoms with van der Waals surface area (Å²) in [5, 5.41) is 23.1. The van der Waals surface area contributed by atoms with Crippen molar-refractivity contribution in [2.24, 2.45) is 0 Å². The van der Waals surface area contributed by atoms with E-state index in [4.69, 9.17) is 16.7 Å². The molecule has 1 aliphatic heterocycles. The number of fused-ring (bicyclic) bond motifs is 1. The number of alkyl halides is 3. The molecule has 1 atom stereocenters. The highest BCUT2D eigenvalue weighted by Crippen LogP contribution is 2.38. The van der Waals surface area contributed by atoms with Gasteiger partial charge in [0.1, 0.15) is 11.5 Å². The van der Waals surface area contributed by atoms with Crippen molar-refractivity contribution in [2.75, 3.05) is 18.0 Å². The van der Waals surface area contributed by atoms with Crippen LogP contribution in [0.25, 0.3) is 22.2 Å². The molecule has 0 bridgehead atoms. The number of benzene rings is 3. The van der Waals surface area contributed by atoms with E-state index < -0.39 is 46.1 Å². The second-order valence-electron chi connectivity index (χ2n) is 8.82. The molecule has 196 valence electrons. The lowest BCUT2D eigenvalue weighted by Gasteiger charge is -2.18. The van der Waals surface area contributed by atoms with Gasteiger partial charge < -0.3 is 15.1 Å². The molecular formula is C26H18ClF4N3O4. The van der Waals surface area contributed by atoms with E-state index in [0.29, 0.717) is 25.2 Å². The predicted octanol–water partition coefficient (Wildman–Crippen LogP) is 5.47. The van der Waals surface area contributed by atoms with E-state index in [1.54, 1.807) is 12.1 Å². The quantitative estimate of drug-likeness (QED) is 0.329. The number of rotatable bonds is 4. The van der Waals surface area contributed by atoms with Crippen molar-refractivity contribution < 1.29 is 37.4 Å². The van der Waals surface area contributed by atoms with Gasteiger partial charge in [0.25, 0.3) is 5.91 Å². The third-order valence-corrected chi connectivity index (χ3v) is 6.70. The zero-order chi connectivity index (χ0) is 27.4. The van der Waals surface area contributed by atoms with Crippen LogP contribution in [0.15, 0.2) is 54.6 Å². The number of nitrogens with zero attached hydrogens (tertiary/aromatic N) is 3. The first-order valence-electron chi connectivity index (χ1n) is 11.3. The van der Waals surface area contributed by atoms with Crippen molar-refractivity contribution >= 4 is 40.1 Å². The molecule has 2 heterocycles. The molecule has 4 aromatic rings. The highest BCUT2D eigenvalue weighted by Gasteiger charge is 2.37. The Morgan fingerprint density at radius 2 is 1.84 bits per heavy atom. The summed E-state index contributed by atoms with van der Waals surface area (Å²) in [7, 11) is 0. The average molecular weight is 548 g/mol. The van der Waals surface area contributed by atoms with E-state index >= 15 is 4.39 Å². The van der Waals surface area contributed by atoms with Crippen LogP contribution < -0.4 is 4.90 Å². The summed E-state index contributed by atoms with van der Waals surface area (Å²) in [5.41, 5.74) is -1.95. The van der Waals surface area contributed by atoms with Gasteiger partial charge in [0.05, 0.1) is 33.3 Å². The smallest absolute Gasteiger partial charge is 0.417 e. The molecule has 0 aliphatic carbocycles. The van der Waals surface area contributed by atoms with E-state index in [-0.39, 0.29) is 27.7 Å². The zero-order valence-electron chi connectivity index (χ0n) is 19.3. The topological polar surface area (TPSA) is 95.7 Å². The van der Waals surface area contributed by atoms with Crippen LogP contribution in [-0.2, 0) is 6.18 Å². The summed E-state index contributed by atoms with van der Waals surface area (Å²) < 4.78 is 57.1. The number of halogens is 5. The van der Waals surface area contributed by atoms with Gasteiger partial charge in [-0.15, -0.1) is 0 Å². The maximum Gasteiger partial charge on any atom is 0.417 e. The summed E-state index contributed by atoms with van der Waals surface area (Å²) >= 11 is 6.06. The highest BCUT2D eigenvalue weighted by atomic mass is 35.5. The van der Waals surface area contributed by atoms with Crippen LogP contribution in [0.1, 0.15) is 32.7 Å². The highest BCUT2D eigenvalue weighted by molar-refractivity contribution is 6.34. The van der Waals surface area contributed by atoms with Crippen molar-refractivity contribution in [3.05, 3.63) is 82.1 Å². The van der Waals surface area contributed by atoms with E-state index in [0.717, 1.165) is 35.0 Å². The normalized spacial score (nSPS) is 15.8. The number of aromatic carboxylic acids is 1. The molecule has 1 saturated heterocycles. The Balaban J connectivity index is 1.74. The Morgan fingerprint density at radius 3 is 2.47 bits per heavy atom. The van der Waals surface area contributed by atoms with Gasteiger partial charge >= 0.3 is 12.1 Å².